The van der Waals surface area contributed by atoms with E-state index in [0.29, 0.717) is 42.2 Å². The van der Waals surface area contributed by atoms with Gasteiger partial charge in [0.1, 0.15) is 11.8 Å². The lowest BCUT2D eigenvalue weighted by atomic mass is 10.2. The summed E-state index contributed by atoms with van der Waals surface area (Å²) in [6.07, 6.45) is 1.11. The van der Waals surface area contributed by atoms with Gasteiger partial charge in [-0.15, -0.1) is 0 Å². The summed E-state index contributed by atoms with van der Waals surface area (Å²) < 4.78 is 43.7. The number of rotatable bonds is 6. The highest BCUT2D eigenvalue weighted by molar-refractivity contribution is 7.89. The molecule has 2 heterocycles. The predicted molar refractivity (Wildman–Crippen MR) is 109 cm³/mol. The molecule has 4 rings (SSSR count). The predicted octanol–water partition coefficient (Wildman–Crippen LogP) is 2.20. The summed E-state index contributed by atoms with van der Waals surface area (Å²) in [5.74, 6) is 1.46. The van der Waals surface area contributed by atoms with Crippen LogP contribution in [0.15, 0.2) is 41.3 Å². The lowest BCUT2D eigenvalue weighted by Crippen LogP contribution is -2.45. The van der Waals surface area contributed by atoms with E-state index in [-0.39, 0.29) is 24.1 Å². The molecule has 0 saturated carbocycles. The number of benzene rings is 2. The van der Waals surface area contributed by atoms with Crippen LogP contribution in [0.4, 0.5) is 0 Å². The zero-order chi connectivity index (χ0) is 21.3. The Bertz CT molecular complexity index is 1070. The molecule has 1 N–H and O–H groups in total. The summed E-state index contributed by atoms with van der Waals surface area (Å²) in [4.78, 5) is 13.0. The van der Waals surface area contributed by atoms with Gasteiger partial charge in [0.15, 0.2) is 11.5 Å². The first-order chi connectivity index (χ1) is 14.4. The Morgan fingerprint density at radius 2 is 2.00 bits per heavy atom. The van der Waals surface area contributed by atoms with Crippen molar-refractivity contribution >= 4 is 15.9 Å². The molecule has 2 aliphatic rings. The van der Waals surface area contributed by atoms with Gasteiger partial charge < -0.3 is 19.5 Å². The van der Waals surface area contributed by atoms with Crippen molar-refractivity contribution in [3.63, 3.8) is 0 Å². The second-order valence-corrected chi connectivity index (χ2v) is 9.17. The number of amides is 1. The number of carbonyl (C=O) groups is 1. The van der Waals surface area contributed by atoms with Gasteiger partial charge in [0.05, 0.1) is 12.0 Å². The Hall–Kier alpha value is -2.78. The average Bonchev–Trinajstić information content (AvgIpc) is 3.41. The van der Waals surface area contributed by atoms with Gasteiger partial charge in [0.25, 0.3) is 0 Å². The van der Waals surface area contributed by atoms with Crippen LogP contribution in [-0.2, 0) is 21.4 Å². The number of nitrogens with zero attached hydrogens (tertiary/aromatic N) is 1. The van der Waals surface area contributed by atoms with E-state index in [0.717, 1.165) is 5.56 Å². The molecular formula is C21H24N2O6S. The molecule has 0 aromatic heterocycles. The molecule has 2 aromatic carbocycles. The minimum absolute atomic E-state index is 0.164. The summed E-state index contributed by atoms with van der Waals surface area (Å²) in [5, 5.41) is 2.86. The first-order valence-corrected chi connectivity index (χ1v) is 11.2. The Morgan fingerprint density at radius 3 is 2.80 bits per heavy atom. The lowest BCUT2D eigenvalue weighted by molar-refractivity contribution is -0.124. The Morgan fingerprint density at radius 1 is 1.20 bits per heavy atom. The highest BCUT2D eigenvalue weighted by Crippen LogP contribution is 2.33. The molecule has 160 valence electrons. The third-order valence-electron chi connectivity index (χ3n) is 5.39. The standard InChI is InChI=1S/C21H24N2O6S/c1-14-5-7-16(27-2)11-20(14)30(25,26)23-9-3-4-17(23)21(24)22-12-15-6-8-18-19(10-15)29-13-28-18/h5-8,10-11,17H,3-4,9,12-13H2,1-2H3,(H,22,24). The molecule has 1 unspecified atom stereocenters. The van der Waals surface area contributed by atoms with E-state index < -0.39 is 16.1 Å². The van der Waals surface area contributed by atoms with Crippen molar-refractivity contribution in [3.05, 3.63) is 47.5 Å². The fraction of sp³-hybridized carbons (Fsp3) is 0.381. The molecule has 8 nitrogen and oxygen atoms in total. The van der Waals surface area contributed by atoms with Crippen LogP contribution in [0, 0.1) is 6.92 Å². The van der Waals surface area contributed by atoms with Crippen molar-refractivity contribution in [2.45, 2.75) is 37.2 Å². The number of aryl methyl sites for hydroxylation is 1. The summed E-state index contributed by atoms with van der Waals surface area (Å²) in [6, 6.07) is 9.63. The second kappa shape index (κ2) is 8.16. The van der Waals surface area contributed by atoms with Crippen LogP contribution in [-0.4, -0.2) is 45.1 Å². The van der Waals surface area contributed by atoms with E-state index in [9.17, 15) is 13.2 Å². The highest BCUT2D eigenvalue weighted by Gasteiger charge is 2.40. The fourth-order valence-corrected chi connectivity index (χ4v) is 5.66. The number of methoxy groups -OCH3 is 1. The van der Waals surface area contributed by atoms with Gasteiger partial charge in [0, 0.05) is 19.2 Å². The number of hydrogen-bond donors (Lipinski definition) is 1. The topological polar surface area (TPSA) is 94.2 Å². The van der Waals surface area contributed by atoms with Crippen LogP contribution < -0.4 is 19.5 Å². The van der Waals surface area contributed by atoms with Crippen LogP contribution in [0.1, 0.15) is 24.0 Å². The third-order valence-corrected chi connectivity index (χ3v) is 7.44. The molecule has 1 fully saturated rings. The molecule has 0 radical (unpaired) electrons. The maximum absolute atomic E-state index is 13.3. The summed E-state index contributed by atoms with van der Waals surface area (Å²) in [7, 11) is -2.34. The SMILES string of the molecule is COc1ccc(C)c(S(=O)(=O)N2CCCC2C(=O)NCc2ccc3c(c2)OCO3)c1. The van der Waals surface area contributed by atoms with E-state index in [4.69, 9.17) is 14.2 Å². The van der Waals surface area contributed by atoms with Crippen molar-refractivity contribution in [3.8, 4) is 17.2 Å². The Labute approximate surface area is 175 Å². The molecule has 2 aliphatic heterocycles. The van der Waals surface area contributed by atoms with Gasteiger partial charge in [-0.05, 0) is 49.1 Å². The molecule has 1 amide bonds. The first kappa shape index (κ1) is 20.5. The first-order valence-electron chi connectivity index (χ1n) is 9.73. The number of nitrogens with one attached hydrogen (secondary N) is 1. The molecule has 0 bridgehead atoms. The molecular weight excluding hydrogens is 408 g/mol. The van der Waals surface area contributed by atoms with Crippen LogP contribution in [0.3, 0.4) is 0 Å². The van der Waals surface area contributed by atoms with Crippen LogP contribution in [0.25, 0.3) is 0 Å². The van der Waals surface area contributed by atoms with Crippen LogP contribution >= 0.6 is 0 Å². The van der Waals surface area contributed by atoms with E-state index in [2.05, 4.69) is 5.32 Å². The van der Waals surface area contributed by atoms with Gasteiger partial charge in [-0.3, -0.25) is 4.79 Å². The van der Waals surface area contributed by atoms with E-state index in [1.165, 1.54) is 17.5 Å². The minimum atomic E-state index is -3.83. The second-order valence-electron chi connectivity index (χ2n) is 7.31. The van der Waals surface area contributed by atoms with Crippen molar-refractivity contribution in [1.29, 1.82) is 0 Å². The third kappa shape index (κ3) is 3.82. The Kier molecular flexibility index (Phi) is 5.57. The van der Waals surface area contributed by atoms with Gasteiger partial charge in [-0.2, -0.15) is 4.31 Å². The zero-order valence-electron chi connectivity index (χ0n) is 16.9. The molecule has 0 aliphatic carbocycles. The Balaban J connectivity index is 1.49. The summed E-state index contributed by atoms with van der Waals surface area (Å²) >= 11 is 0. The van der Waals surface area contributed by atoms with Crippen molar-refractivity contribution in [1.82, 2.24) is 9.62 Å². The molecule has 0 spiro atoms. The number of hydrogen-bond acceptors (Lipinski definition) is 6. The normalized spacial score (nSPS) is 18.4. The largest absolute Gasteiger partial charge is 0.497 e. The van der Waals surface area contributed by atoms with Crippen molar-refractivity contribution in [2.75, 3.05) is 20.4 Å². The zero-order valence-corrected chi connectivity index (χ0v) is 17.7. The average molecular weight is 432 g/mol. The van der Waals surface area contributed by atoms with Crippen LogP contribution in [0.5, 0.6) is 17.2 Å². The van der Waals surface area contributed by atoms with Gasteiger partial charge in [0.2, 0.25) is 22.7 Å². The maximum atomic E-state index is 13.3. The lowest BCUT2D eigenvalue weighted by Gasteiger charge is -2.24. The molecule has 9 heteroatoms. The number of sulfonamides is 1. The van der Waals surface area contributed by atoms with Crippen molar-refractivity contribution < 1.29 is 27.4 Å². The summed E-state index contributed by atoms with van der Waals surface area (Å²) in [5.41, 5.74) is 1.46. The number of ether oxygens (including phenoxy) is 3. The molecule has 30 heavy (non-hydrogen) atoms. The van der Waals surface area contributed by atoms with Gasteiger partial charge in [-0.25, -0.2) is 8.42 Å². The monoisotopic (exact) mass is 432 g/mol. The quantitative estimate of drug-likeness (QED) is 0.752. The van der Waals surface area contributed by atoms with E-state index in [1.54, 1.807) is 25.1 Å². The minimum Gasteiger partial charge on any atom is -0.497 e. The number of fused-ring (bicyclic) bond motifs is 1. The van der Waals surface area contributed by atoms with Crippen molar-refractivity contribution in [2.24, 2.45) is 0 Å². The highest BCUT2D eigenvalue weighted by atomic mass is 32.2. The van der Waals surface area contributed by atoms with E-state index in [1.807, 2.05) is 12.1 Å². The maximum Gasteiger partial charge on any atom is 0.244 e. The molecule has 1 atom stereocenters. The van der Waals surface area contributed by atoms with Crippen LogP contribution in [0.2, 0.25) is 0 Å². The fourth-order valence-electron chi connectivity index (χ4n) is 3.76. The van der Waals surface area contributed by atoms with E-state index >= 15 is 0 Å². The molecule has 1 saturated heterocycles. The molecule has 2 aromatic rings. The summed E-state index contributed by atoms with van der Waals surface area (Å²) in [6.45, 7) is 2.50. The smallest absolute Gasteiger partial charge is 0.244 e. The van der Waals surface area contributed by atoms with Gasteiger partial charge >= 0.3 is 0 Å². The van der Waals surface area contributed by atoms with Gasteiger partial charge in [-0.1, -0.05) is 12.1 Å². The number of carbonyl (C=O) groups excluding carboxylic acids is 1.